The molecule has 2 aromatic rings. The zero-order valence-corrected chi connectivity index (χ0v) is 15.5. The Kier molecular flexibility index (Phi) is 5.94. The molecule has 0 saturated carbocycles. The average molecular weight is 332 g/mol. The number of hydrogen-bond donors (Lipinski definition) is 1. The normalized spacial score (nSPS) is 11.7. The number of pyridine rings is 1. The van der Waals surface area contributed by atoms with Crippen molar-refractivity contribution in [3.63, 3.8) is 0 Å². The number of hydrogen-bond acceptors (Lipinski definition) is 4. The van der Waals surface area contributed by atoms with Crippen LogP contribution in [0.1, 0.15) is 61.8 Å². The Bertz CT molecular complexity index is 719. The van der Waals surface area contributed by atoms with Gasteiger partial charge in [-0.3, -0.25) is 9.48 Å². The molecule has 0 radical (unpaired) electrons. The van der Waals surface area contributed by atoms with Crippen molar-refractivity contribution in [1.29, 1.82) is 0 Å². The second kappa shape index (κ2) is 7.75. The minimum Gasteiger partial charge on any atom is -0.379 e. The molecule has 0 aliphatic heterocycles. The second-order valence-electron chi connectivity index (χ2n) is 6.69. The van der Waals surface area contributed by atoms with Gasteiger partial charge in [-0.25, -0.2) is 4.98 Å². The molecule has 2 aromatic heterocycles. The molecule has 0 bridgehead atoms. The van der Waals surface area contributed by atoms with Gasteiger partial charge in [0.1, 0.15) is 0 Å². The molecular weight excluding hydrogens is 304 g/mol. The molecule has 0 fully saturated rings. The van der Waals surface area contributed by atoms with E-state index in [4.69, 9.17) is 4.74 Å². The molecule has 6 nitrogen and oxygen atoms in total. The zero-order chi connectivity index (χ0) is 17.9. The molecule has 0 unspecified atom stereocenters. The van der Waals surface area contributed by atoms with E-state index in [0.29, 0.717) is 18.7 Å². The van der Waals surface area contributed by atoms with Gasteiger partial charge in [0.2, 0.25) is 0 Å². The highest BCUT2D eigenvalue weighted by atomic mass is 16.5. The molecule has 0 saturated heterocycles. The van der Waals surface area contributed by atoms with E-state index in [-0.39, 0.29) is 17.9 Å². The summed E-state index contributed by atoms with van der Waals surface area (Å²) in [6.07, 6.45) is 1.01. The molecular formula is C18H28N4O2. The molecule has 0 spiro atoms. The van der Waals surface area contributed by atoms with E-state index < -0.39 is 0 Å². The van der Waals surface area contributed by atoms with E-state index in [0.717, 1.165) is 28.8 Å². The third kappa shape index (κ3) is 4.12. The van der Waals surface area contributed by atoms with Crippen LogP contribution in [0.4, 0.5) is 0 Å². The first-order chi connectivity index (χ1) is 11.3. The second-order valence-corrected chi connectivity index (χ2v) is 6.69. The summed E-state index contributed by atoms with van der Waals surface area (Å²) in [5.41, 5.74) is 3.13. The summed E-state index contributed by atoms with van der Waals surface area (Å²) in [6, 6.07) is 1.89. The topological polar surface area (TPSA) is 69.0 Å². The first-order valence-electron chi connectivity index (χ1n) is 8.55. The molecule has 0 aliphatic rings. The number of nitrogens with zero attached hydrogens (tertiary/aromatic N) is 3. The Morgan fingerprint density at radius 2 is 2.04 bits per heavy atom. The maximum atomic E-state index is 12.7. The van der Waals surface area contributed by atoms with E-state index in [2.05, 4.69) is 29.2 Å². The van der Waals surface area contributed by atoms with E-state index in [9.17, 15) is 4.79 Å². The molecule has 6 heteroatoms. The Morgan fingerprint density at radius 1 is 1.33 bits per heavy atom. The Labute approximate surface area is 143 Å². The van der Waals surface area contributed by atoms with Crippen LogP contribution in [0.25, 0.3) is 11.0 Å². The number of rotatable bonds is 7. The largest absolute Gasteiger partial charge is 0.379 e. The summed E-state index contributed by atoms with van der Waals surface area (Å²) in [7, 11) is 1.86. The van der Waals surface area contributed by atoms with Crippen molar-refractivity contribution >= 4 is 16.9 Å². The van der Waals surface area contributed by atoms with Crippen molar-refractivity contribution in [3.8, 4) is 0 Å². The Morgan fingerprint density at radius 3 is 2.67 bits per heavy atom. The summed E-state index contributed by atoms with van der Waals surface area (Å²) in [4.78, 5) is 17.3. The molecule has 1 amide bonds. The highest BCUT2D eigenvalue weighted by Crippen LogP contribution is 2.24. The monoisotopic (exact) mass is 332 g/mol. The predicted octanol–water partition coefficient (Wildman–Crippen LogP) is 2.95. The Hall–Kier alpha value is -1.95. The molecule has 0 atom stereocenters. The fourth-order valence-corrected chi connectivity index (χ4v) is 2.63. The van der Waals surface area contributed by atoms with Crippen molar-refractivity contribution in [1.82, 2.24) is 20.1 Å². The van der Waals surface area contributed by atoms with Crippen LogP contribution >= 0.6 is 0 Å². The van der Waals surface area contributed by atoms with Crippen molar-refractivity contribution in [2.75, 3.05) is 13.2 Å². The molecule has 132 valence electrons. The molecule has 1 N–H and O–H groups in total. The standard InChI is InChI=1S/C18H28N4O2/c1-11(2)15-10-14(16-13(5)21-22(6)17(16)20-15)18(23)19-8-7-9-24-12(3)4/h10-12H,7-9H2,1-6H3,(H,19,23). The van der Waals surface area contributed by atoms with E-state index in [1.165, 1.54) is 0 Å². The number of carbonyl (C=O) groups is 1. The van der Waals surface area contributed by atoms with Crippen LogP contribution < -0.4 is 5.32 Å². The number of aromatic nitrogens is 3. The number of fused-ring (bicyclic) bond motifs is 1. The van der Waals surface area contributed by atoms with Crippen LogP contribution in [-0.2, 0) is 11.8 Å². The third-order valence-corrected chi connectivity index (χ3v) is 3.88. The van der Waals surface area contributed by atoms with Gasteiger partial charge in [0.05, 0.1) is 22.7 Å². The van der Waals surface area contributed by atoms with Crippen LogP contribution in [0.3, 0.4) is 0 Å². The first-order valence-corrected chi connectivity index (χ1v) is 8.55. The quantitative estimate of drug-likeness (QED) is 0.792. The maximum Gasteiger partial charge on any atom is 0.252 e. The maximum absolute atomic E-state index is 12.7. The van der Waals surface area contributed by atoms with Crippen molar-refractivity contribution in [2.24, 2.45) is 7.05 Å². The predicted molar refractivity (Wildman–Crippen MR) is 95.4 cm³/mol. The van der Waals surface area contributed by atoms with Gasteiger partial charge >= 0.3 is 0 Å². The van der Waals surface area contributed by atoms with E-state index >= 15 is 0 Å². The lowest BCUT2D eigenvalue weighted by Gasteiger charge is -2.11. The van der Waals surface area contributed by atoms with Gasteiger partial charge in [0.25, 0.3) is 5.91 Å². The number of amides is 1. The SMILES string of the molecule is Cc1nn(C)c2nc(C(C)C)cc(C(=O)NCCCOC(C)C)c12. The van der Waals surface area contributed by atoms with Gasteiger partial charge in [0.15, 0.2) is 5.65 Å². The van der Waals surface area contributed by atoms with Gasteiger partial charge in [-0.2, -0.15) is 5.10 Å². The first kappa shape index (κ1) is 18.4. The van der Waals surface area contributed by atoms with Gasteiger partial charge in [-0.05, 0) is 39.2 Å². The molecule has 24 heavy (non-hydrogen) atoms. The smallest absolute Gasteiger partial charge is 0.252 e. The molecule has 2 heterocycles. The van der Waals surface area contributed by atoms with Crippen LogP contribution in [0, 0.1) is 6.92 Å². The van der Waals surface area contributed by atoms with Crippen molar-refractivity contribution in [3.05, 3.63) is 23.0 Å². The van der Waals surface area contributed by atoms with Crippen LogP contribution in [-0.4, -0.2) is 39.9 Å². The van der Waals surface area contributed by atoms with Crippen LogP contribution in [0.5, 0.6) is 0 Å². The summed E-state index contributed by atoms with van der Waals surface area (Å²) >= 11 is 0. The summed E-state index contributed by atoms with van der Waals surface area (Å²) < 4.78 is 7.24. The number of carbonyl (C=O) groups excluding carboxylic acids is 1. The molecule has 2 rings (SSSR count). The molecule has 0 aliphatic carbocycles. The fourth-order valence-electron chi connectivity index (χ4n) is 2.63. The van der Waals surface area contributed by atoms with Gasteiger partial charge in [-0.1, -0.05) is 13.8 Å². The van der Waals surface area contributed by atoms with E-state index in [1.807, 2.05) is 33.9 Å². The van der Waals surface area contributed by atoms with Gasteiger partial charge in [0, 0.05) is 25.9 Å². The van der Waals surface area contributed by atoms with E-state index in [1.54, 1.807) is 4.68 Å². The number of aryl methyl sites for hydroxylation is 2. The number of nitrogens with one attached hydrogen (secondary N) is 1. The number of ether oxygens (including phenoxy) is 1. The highest BCUT2D eigenvalue weighted by Gasteiger charge is 2.19. The summed E-state index contributed by atoms with van der Waals surface area (Å²) in [5, 5.41) is 8.23. The lowest BCUT2D eigenvalue weighted by Crippen LogP contribution is -2.26. The lowest BCUT2D eigenvalue weighted by atomic mass is 10.0. The fraction of sp³-hybridized carbons (Fsp3) is 0.611. The highest BCUT2D eigenvalue weighted by molar-refractivity contribution is 6.06. The van der Waals surface area contributed by atoms with Crippen molar-refractivity contribution < 1.29 is 9.53 Å². The van der Waals surface area contributed by atoms with Crippen LogP contribution in [0.2, 0.25) is 0 Å². The Balaban J connectivity index is 2.21. The minimum atomic E-state index is -0.0788. The average Bonchev–Trinajstić information content (AvgIpc) is 2.80. The third-order valence-electron chi connectivity index (χ3n) is 3.88. The van der Waals surface area contributed by atoms with Gasteiger partial charge < -0.3 is 10.1 Å². The zero-order valence-electron chi connectivity index (χ0n) is 15.5. The van der Waals surface area contributed by atoms with Gasteiger partial charge in [-0.15, -0.1) is 0 Å². The minimum absolute atomic E-state index is 0.0788. The molecule has 0 aromatic carbocycles. The van der Waals surface area contributed by atoms with Crippen molar-refractivity contribution in [2.45, 2.75) is 53.1 Å². The summed E-state index contributed by atoms with van der Waals surface area (Å²) in [6.45, 7) is 11.3. The lowest BCUT2D eigenvalue weighted by molar-refractivity contribution is 0.0757. The van der Waals surface area contributed by atoms with Crippen LogP contribution in [0.15, 0.2) is 6.07 Å². The summed E-state index contributed by atoms with van der Waals surface area (Å²) in [5.74, 6) is 0.167.